The van der Waals surface area contributed by atoms with Crippen molar-refractivity contribution in [1.29, 1.82) is 0 Å². The van der Waals surface area contributed by atoms with Gasteiger partial charge in [-0.05, 0) is 121 Å². The van der Waals surface area contributed by atoms with E-state index in [4.69, 9.17) is 0 Å². The van der Waals surface area contributed by atoms with Gasteiger partial charge in [-0.1, -0.05) is 183 Å². The average Bonchev–Trinajstić information content (AvgIpc) is 3.95. The molecule has 1 aliphatic carbocycles. The number of thiophene rings is 1. The van der Waals surface area contributed by atoms with E-state index in [1.807, 2.05) is 11.3 Å². The van der Waals surface area contributed by atoms with Gasteiger partial charge < -0.3 is 9.47 Å². The Labute approximate surface area is 405 Å². The summed E-state index contributed by atoms with van der Waals surface area (Å²) in [6.45, 7) is 5.16. The summed E-state index contributed by atoms with van der Waals surface area (Å²) in [7, 11) is -2.37. The van der Waals surface area contributed by atoms with Crippen LogP contribution in [0.5, 0.6) is 0 Å². The van der Waals surface area contributed by atoms with E-state index in [-0.39, 0.29) is 0 Å². The molecule has 2 nitrogen and oxygen atoms in total. The number of benzene rings is 11. The molecule has 4 heteroatoms. The zero-order chi connectivity index (χ0) is 45.6. The number of hydrogen-bond acceptors (Lipinski definition) is 2. The van der Waals surface area contributed by atoms with E-state index in [9.17, 15) is 0 Å². The van der Waals surface area contributed by atoms with Crippen molar-refractivity contribution in [3.8, 4) is 16.8 Å². The fraction of sp³-hybridized carbons (Fsp3) is 0.0462. The minimum Gasteiger partial charge on any atom is -0.310 e. The normalized spacial score (nSPS) is 15.6. The molecule has 0 unspecified atom stereocenters. The highest BCUT2D eigenvalue weighted by atomic mass is 32.1. The molecule has 0 amide bonds. The van der Waals surface area contributed by atoms with Crippen molar-refractivity contribution < 1.29 is 0 Å². The number of aromatic nitrogens is 1. The minimum atomic E-state index is -2.37. The van der Waals surface area contributed by atoms with E-state index >= 15 is 0 Å². The smallest absolute Gasteiger partial charge is 0.113 e. The predicted octanol–water partition coefficient (Wildman–Crippen LogP) is 16.4. The van der Waals surface area contributed by atoms with Crippen molar-refractivity contribution in [3.63, 3.8) is 0 Å². The van der Waals surface area contributed by atoms with Crippen molar-refractivity contribution in [2.45, 2.75) is 18.5 Å². The Hall–Kier alpha value is -8.02. The van der Waals surface area contributed by atoms with Gasteiger partial charge in [-0.25, -0.2) is 0 Å². The summed E-state index contributed by atoms with van der Waals surface area (Å²) in [6.07, 6.45) is 0. The number of para-hydroxylation sites is 1. The summed E-state index contributed by atoms with van der Waals surface area (Å²) in [5, 5.41) is 13.2. The summed E-state index contributed by atoms with van der Waals surface area (Å²) < 4.78 is 5.06. The Bertz CT molecular complexity index is 4320. The Balaban J connectivity index is 1.03. The van der Waals surface area contributed by atoms with E-state index in [0.717, 1.165) is 5.69 Å². The lowest BCUT2D eigenvalue weighted by atomic mass is 9.59. The first-order valence-corrected chi connectivity index (χ1v) is 27.9. The molecule has 2 aliphatic rings. The Morgan fingerprint density at radius 3 is 1.93 bits per heavy atom. The van der Waals surface area contributed by atoms with Gasteiger partial charge in [0.2, 0.25) is 0 Å². The summed E-state index contributed by atoms with van der Waals surface area (Å²) >= 11 is 1.88. The molecule has 3 heterocycles. The molecule has 13 aromatic rings. The maximum Gasteiger partial charge on any atom is 0.113 e. The summed E-state index contributed by atoms with van der Waals surface area (Å²) in [6, 6.07) is 87.5. The van der Waals surface area contributed by atoms with Crippen LogP contribution in [0.15, 0.2) is 231 Å². The highest BCUT2D eigenvalue weighted by molar-refractivity contribution is 7.26. The average molecular weight is 913 g/mol. The fourth-order valence-corrected chi connectivity index (χ4v) is 17.3. The molecule has 69 heavy (non-hydrogen) atoms. The molecule has 0 bridgehead atoms. The van der Waals surface area contributed by atoms with E-state index in [1.165, 1.54) is 124 Å². The highest BCUT2D eigenvalue weighted by Gasteiger charge is 2.52. The van der Waals surface area contributed by atoms with Crippen molar-refractivity contribution in [2.75, 3.05) is 4.90 Å². The van der Waals surface area contributed by atoms with E-state index in [1.54, 1.807) is 0 Å². The Morgan fingerprint density at radius 1 is 0.406 bits per heavy atom. The second-order valence-electron chi connectivity index (χ2n) is 19.5. The molecule has 1 aliphatic heterocycles. The molecular weight excluding hydrogens is 869 g/mol. The van der Waals surface area contributed by atoms with Crippen LogP contribution in [-0.4, -0.2) is 12.6 Å². The van der Waals surface area contributed by atoms with Gasteiger partial charge in [0.05, 0.1) is 27.8 Å². The number of hydrogen-bond donors (Lipinski definition) is 0. The lowest BCUT2D eigenvalue weighted by Crippen LogP contribution is -2.63. The fourth-order valence-electron chi connectivity index (χ4n) is 12.9. The van der Waals surface area contributed by atoms with Gasteiger partial charge in [0.25, 0.3) is 0 Å². The van der Waals surface area contributed by atoms with E-state index in [0.29, 0.717) is 0 Å². The summed E-state index contributed by atoms with van der Waals surface area (Å²) in [5.74, 6) is 0. The third-order valence-corrected chi connectivity index (χ3v) is 20.5. The maximum atomic E-state index is 2.61. The molecule has 0 saturated heterocycles. The van der Waals surface area contributed by atoms with Crippen LogP contribution >= 0.6 is 11.3 Å². The SMILES string of the molecule is C[Si]1(C)c2ccccc2[C@]2(c3ccccc3-c3cccc4cccc2c34)c2ccc(N(c3ccc4c(c3)c3ccccc3n4-c3cccc4ccccc34)c3cccc4sc5ccccc5c34)cc21. The number of fused-ring (bicyclic) bond motifs is 15. The van der Waals surface area contributed by atoms with Gasteiger partial charge in [-0.15, -0.1) is 11.3 Å². The number of anilines is 3. The third kappa shape index (κ3) is 5.20. The molecular formula is C65H44N2SSi. The first-order chi connectivity index (χ1) is 34.0. The van der Waals surface area contributed by atoms with Crippen LogP contribution in [-0.2, 0) is 5.41 Å². The molecule has 11 aromatic carbocycles. The first kappa shape index (κ1) is 39.0. The molecule has 0 radical (unpaired) electrons. The van der Waals surface area contributed by atoms with E-state index in [2.05, 4.69) is 253 Å². The molecule has 324 valence electrons. The standard InChI is InChI=1S/C65H44N2SSi/c1-69(2)61-34-12-9-27-52(61)65(51-26-8-5-22-46(51)48-25-13-19-42-20-14-28-54(65)63(42)48)53-37-35-44(40-62(53)69)66(58-31-16-33-60-64(58)49-24-7-11-32-59(49)68-60)43-36-38-57-50(39-43)47-23-6-10-29-56(47)67(57)55-30-15-18-41-17-3-4-21-45(41)55/h3-40H,1-2H3/t65-/m1/s1. The Morgan fingerprint density at radius 2 is 1.01 bits per heavy atom. The molecule has 0 fully saturated rings. The van der Waals surface area contributed by atoms with Gasteiger partial charge in [-0.3, -0.25) is 0 Å². The van der Waals surface area contributed by atoms with Crippen LogP contribution < -0.4 is 15.3 Å². The summed E-state index contributed by atoms with van der Waals surface area (Å²) in [4.78, 5) is 2.58. The highest BCUT2D eigenvalue weighted by Crippen LogP contribution is 2.57. The summed E-state index contributed by atoms with van der Waals surface area (Å²) in [5.41, 5.74) is 14.8. The lowest BCUT2D eigenvalue weighted by Gasteiger charge is -2.50. The quantitative estimate of drug-likeness (QED) is 0.160. The van der Waals surface area contributed by atoms with Gasteiger partial charge in [0.1, 0.15) is 8.07 Å². The van der Waals surface area contributed by atoms with Crippen LogP contribution in [0.4, 0.5) is 17.1 Å². The van der Waals surface area contributed by atoms with Crippen molar-refractivity contribution in [3.05, 3.63) is 253 Å². The number of nitrogens with zero attached hydrogens (tertiary/aromatic N) is 2. The van der Waals surface area contributed by atoms with Crippen LogP contribution in [0.25, 0.3) is 80.3 Å². The monoisotopic (exact) mass is 912 g/mol. The van der Waals surface area contributed by atoms with Crippen molar-refractivity contribution in [1.82, 2.24) is 4.57 Å². The van der Waals surface area contributed by atoms with Crippen LogP contribution in [0.2, 0.25) is 13.1 Å². The first-order valence-electron chi connectivity index (χ1n) is 24.1. The predicted molar refractivity (Wildman–Crippen MR) is 297 cm³/mol. The zero-order valence-corrected chi connectivity index (χ0v) is 40.1. The minimum absolute atomic E-state index is 0.506. The molecule has 2 aromatic heterocycles. The Kier molecular flexibility index (Phi) is 8.06. The molecule has 15 rings (SSSR count). The van der Waals surface area contributed by atoms with Crippen LogP contribution in [0, 0.1) is 0 Å². The second kappa shape index (κ2) is 14.3. The van der Waals surface area contributed by atoms with Gasteiger partial charge >= 0.3 is 0 Å². The van der Waals surface area contributed by atoms with Gasteiger partial charge in [0, 0.05) is 47.7 Å². The largest absolute Gasteiger partial charge is 0.310 e. The molecule has 0 saturated carbocycles. The van der Waals surface area contributed by atoms with Crippen LogP contribution in [0.3, 0.4) is 0 Å². The molecule has 0 N–H and O–H groups in total. The van der Waals surface area contributed by atoms with Crippen molar-refractivity contribution in [2.24, 2.45) is 0 Å². The lowest BCUT2D eigenvalue weighted by molar-refractivity contribution is 0.754. The van der Waals surface area contributed by atoms with E-state index < -0.39 is 13.5 Å². The number of rotatable bonds is 4. The maximum absolute atomic E-state index is 2.61. The van der Waals surface area contributed by atoms with Crippen molar-refractivity contribution >= 4 is 110 Å². The van der Waals surface area contributed by atoms with Gasteiger partial charge in [-0.2, -0.15) is 0 Å². The second-order valence-corrected chi connectivity index (χ2v) is 25.0. The zero-order valence-electron chi connectivity index (χ0n) is 38.2. The molecule has 1 atom stereocenters. The molecule has 1 spiro atoms. The topological polar surface area (TPSA) is 8.17 Å². The van der Waals surface area contributed by atoms with Gasteiger partial charge in [0.15, 0.2) is 0 Å². The third-order valence-electron chi connectivity index (χ3n) is 15.8. The van der Waals surface area contributed by atoms with Crippen LogP contribution in [0.1, 0.15) is 22.3 Å².